The molecule has 0 saturated carbocycles. The van der Waals surface area contributed by atoms with Gasteiger partial charge in [0.1, 0.15) is 128 Å². The molecule has 0 radical (unpaired) electrons. The summed E-state index contributed by atoms with van der Waals surface area (Å²) in [4.78, 5) is 37.1. The third-order valence-electron chi connectivity index (χ3n) is 12.6. The summed E-state index contributed by atoms with van der Waals surface area (Å²) in [6.45, 7) is -3.18. The summed E-state index contributed by atoms with van der Waals surface area (Å²) < 4.78 is 98.9. The Hall–Kier alpha value is -2.76. The summed E-state index contributed by atoms with van der Waals surface area (Å²) >= 11 is 0. The Morgan fingerprint density at radius 1 is 0.486 bits per heavy atom. The molecule has 6 saturated heterocycles. The zero-order valence-electron chi connectivity index (χ0n) is 38.0. The molecule has 6 fully saturated rings. The highest BCUT2D eigenvalue weighted by atomic mass is 32.3. The monoisotopic (exact) mass is 1110 g/mol. The van der Waals surface area contributed by atoms with Crippen molar-refractivity contribution in [1.82, 2.24) is 5.32 Å². The predicted octanol–water partition coefficient (Wildman–Crippen LogP) is -13.3. The summed E-state index contributed by atoms with van der Waals surface area (Å²) in [5.74, 6) is -5.06. The first-order valence-corrected chi connectivity index (χ1v) is 23.5. The number of nitrogens with one attached hydrogen (secondary N) is 1. The third kappa shape index (κ3) is 13.0. The van der Waals surface area contributed by atoms with Gasteiger partial charge in [-0.1, -0.05) is 0 Å². The molecule has 6 aliphatic heterocycles. The summed E-state index contributed by atoms with van der Waals surface area (Å²) in [7, 11) is -5.71. The van der Waals surface area contributed by atoms with Crippen LogP contribution in [0.15, 0.2) is 0 Å². The molecule has 0 aromatic heterocycles. The molecule has 1 unspecified atom stereocenters. The van der Waals surface area contributed by atoms with E-state index < -0.39 is 233 Å². The zero-order chi connectivity index (χ0) is 55.0. The van der Waals surface area contributed by atoms with Gasteiger partial charge in [-0.25, -0.2) is 13.8 Å². The lowest BCUT2D eigenvalue weighted by Crippen LogP contribution is -2.70. The Morgan fingerprint density at radius 3 is 1.42 bits per heavy atom. The van der Waals surface area contributed by atoms with Crippen LogP contribution in [0.5, 0.6) is 0 Å². The SMILES string of the molecule is CC(=O)N[C@H]1[C@@H](O[C@H]2[C@H](O)[C@@H](O)[C@H](O[C@H]3[C@@H](O)[C@@H](CO)O[C@@H](O[C@H]4[C@@H](O)[C@@H](CO)O[C@@H](O[C@@H]5COC(O)[C@H](O)[C@H]5O)[C@@H]4O)[C@@H]3O)O[C@@H]2C(=O)O)O[C@H](CO)[C@@H](O[C@H]2O[C@@H](C(=O)O)[C@@H](O)[C@H](O)[C@@H]2O)[C@@H]1OS(=O)(=O)O. The molecule has 428 valence electrons. The summed E-state index contributed by atoms with van der Waals surface area (Å²) in [6, 6.07) is -2.21. The van der Waals surface area contributed by atoms with Gasteiger partial charge in [-0.15, -0.1) is 0 Å². The number of carboxylic acid groups (broad SMARTS) is 2. The lowest BCUT2D eigenvalue weighted by Gasteiger charge is -2.50. The van der Waals surface area contributed by atoms with Crippen LogP contribution in [0.3, 0.4) is 0 Å². The first-order chi connectivity index (χ1) is 34.6. The van der Waals surface area contributed by atoms with Crippen molar-refractivity contribution in [2.75, 3.05) is 26.4 Å². The van der Waals surface area contributed by atoms with Crippen molar-refractivity contribution in [2.24, 2.45) is 0 Å². The summed E-state index contributed by atoms with van der Waals surface area (Å²) in [5, 5.41) is 181. The van der Waals surface area contributed by atoms with Crippen LogP contribution in [-0.4, -0.2) is 322 Å². The zero-order valence-corrected chi connectivity index (χ0v) is 38.8. The maximum Gasteiger partial charge on any atom is 0.397 e. The second kappa shape index (κ2) is 24.9. The van der Waals surface area contributed by atoms with Crippen LogP contribution in [0.2, 0.25) is 0 Å². The van der Waals surface area contributed by atoms with Crippen molar-refractivity contribution >= 4 is 28.2 Å². The van der Waals surface area contributed by atoms with Crippen LogP contribution in [-0.2, 0) is 81.1 Å². The third-order valence-corrected chi connectivity index (χ3v) is 13.1. The summed E-state index contributed by atoms with van der Waals surface area (Å²) in [6.07, 6.45) is -60.9. The maximum absolute atomic E-state index is 12.8. The molecule has 6 rings (SSSR count). The van der Waals surface area contributed by atoms with E-state index in [0.29, 0.717) is 0 Å². The Bertz CT molecular complexity index is 1990. The van der Waals surface area contributed by atoms with Crippen molar-refractivity contribution in [3.05, 3.63) is 0 Å². The lowest BCUT2D eigenvalue weighted by atomic mass is 9.94. The van der Waals surface area contributed by atoms with E-state index >= 15 is 0 Å². The highest BCUT2D eigenvalue weighted by Crippen LogP contribution is 2.37. The minimum Gasteiger partial charge on any atom is -0.479 e. The van der Waals surface area contributed by atoms with E-state index in [1.165, 1.54) is 0 Å². The largest absolute Gasteiger partial charge is 0.479 e. The number of carboxylic acids is 2. The number of ether oxygens (including phenoxy) is 11. The number of hydrogen-bond acceptors (Lipinski definition) is 32. The standard InChI is InChI=1S/C37H59NO35S/c1-6(42)38-11-24(73-74(59,60)61)23(67-34-19(50)15(46)16(47)28(71-34)30(54)55)9(4-41)65-33(11)70-27-17(48)20(51)35(72-29(27)31(56)57)68-26-14(45)8(3-40)64-37(22(26)53)69-25-13(44)7(2-39)63-36(21(25)52)66-10-5-62-32(58)18(49)12(10)43/h7-29,32-37,39-41,43-53,58H,2-5H2,1H3,(H,38,42)(H,54,55)(H,56,57)(H,59,60,61)/t7-,8-,9-,10-,11-,12+,13+,14+,15+,16+,17-,18-,19+,20-,21-,22-,23-,24-,25+,26+,27+,28-,29+,32?,33-,34+,35-,36+,37+/m1/s1. The average molecular weight is 1110 g/mol. The molecular formula is C37H59NO35S. The quantitative estimate of drug-likeness (QED) is 0.0567. The van der Waals surface area contributed by atoms with Crippen molar-refractivity contribution in [3.63, 3.8) is 0 Å². The van der Waals surface area contributed by atoms with E-state index in [2.05, 4.69) is 5.32 Å². The molecule has 19 N–H and O–H groups in total. The Kier molecular flexibility index (Phi) is 20.4. The van der Waals surface area contributed by atoms with Gasteiger partial charge in [0.2, 0.25) is 5.91 Å². The second-order valence-electron chi connectivity index (χ2n) is 17.6. The molecule has 0 aromatic rings. The fourth-order valence-corrected chi connectivity index (χ4v) is 9.29. The molecule has 74 heavy (non-hydrogen) atoms. The van der Waals surface area contributed by atoms with Crippen LogP contribution >= 0.6 is 0 Å². The first kappa shape index (κ1) is 60.5. The van der Waals surface area contributed by atoms with E-state index in [0.717, 1.165) is 6.92 Å². The predicted molar refractivity (Wildman–Crippen MR) is 216 cm³/mol. The second-order valence-corrected chi connectivity index (χ2v) is 18.7. The van der Waals surface area contributed by atoms with Crippen LogP contribution in [0, 0.1) is 0 Å². The van der Waals surface area contributed by atoms with E-state index in [1.807, 2.05) is 0 Å². The van der Waals surface area contributed by atoms with Gasteiger partial charge in [0.25, 0.3) is 0 Å². The van der Waals surface area contributed by atoms with Gasteiger partial charge in [0.05, 0.1) is 26.4 Å². The van der Waals surface area contributed by atoms with Crippen LogP contribution in [0.1, 0.15) is 6.92 Å². The number of aliphatic hydroxyl groups excluding tert-OH is 15. The van der Waals surface area contributed by atoms with Gasteiger partial charge in [0.15, 0.2) is 49.9 Å². The molecule has 37 heteroatoms. The molecule has 1 amide bonds. The number of rotatable bonds is 18. The summed E-state index contributed by atoms with van der Waals surface area (Å²) in [5.41, 5.74) is 0. The molecule has 6 aliphatic rings. The van der Waals surface area contributed by atoms with Gasteiger partial charge < -0.3 is 144 Å². The number of aliphatic hydroxyl groups is 15. The highest BCUT2D eigenvalue weighted by molar-refractivity contribution is 7.80. The number of carbonyl (C=O) groups is 3. The topological polar surface area (TPSA) is 572 Å². The lowest BCUT2D eigenvalue weighted by molar-refractivity contribution is -0.389. The molecule has 0 spiro atoms. The van der Waals surface area contributed by atoms with Gasteiger partial charge >= 0.3 is 22.3 Å². The smallest absolute Gasteiger partial charge is 0.397 e. The first-order valence-electron chi connectivity index (χ1n) is 22.2. The number of amides is 1. The molecule has 0 bridgehead atoms. The van der Waals surface area contributed by atoms with Crippen LogP contribution in [0.4, 0.5) is 0 Å². The van der Waals surface area contributed by atoms with E-state index in [4.69, 9.17) is 56.3 Å². The van der Waals surface area contributed by atoms with E-state index in [9.17, 15) is 114 Å². The van der Waals surface area contributed by atoms with Crippen molar-refractivity contribution < 1.29 is 170 Å². The van der Waals surface area contributed by atoms with Gasteiger partial charge in [-0.3, -0.25) is 9.35 Å². The normalized spacial score (nSPS) is 48.4. The molecule has 29 atom stereocenters. The fraction of sp³-hybridized carbons (Fsp3) is 0.919. The Labute approximate surface area is 415 Å². The van der Waals surface area contributed by atoms with Gasteiger partial charge in [-0.05, 0) is 0 Å². The number of aliphatic carboxylic acids is 2. The molecule has 0 aliphatic carbocycles. The van der Waals surface area contributed by atoms with Gasteiger partial charge in [0, 0.05) is 6.92 Å². The Morgan fingerprint density at radius 2 is 0.932 bits per heavy atom. The van der Waals surface area contributed by atoms with Crippen molar-refractivity contribution in [3.8, 4) is 0 Å². The van der Waals surface area contributed by atoms with Crippen molar-refractivity contribution in [2.45, 2.75) is 185 Å². The van der Waals surface area contributed by atoms with Gasteiger partial charge in [-0.2, -0.15) is 8.42 Å². The maximum atomic E-state index is 12.8. The fourth-order valence-electron chi connectivity index (χ4n) is 8.78. The van der Waals surface area contributed by atoms with E-state index in [-0.39, 0.29) is 0 Å². The molecular weight excluding hydrogens is 1050 g/mol. The van der Waals surface area contributed by atoms with Crippen molar-refractivity contribution in [1.29, 1.82) is 0 Å². The Balaban J connectivity index is 1.22. The van der Waals surface area contributed by atoms with E-state index in [1.54, 1.807) is 0 Å². The number of carbonyl (C=O) groups excluding carboxylic acids is 1. The molecule has 6 heterocycles. The molecule has 36 nitrogen and oxygen atoms in total. The van der Waals surface area contributed by atoms with Crippen LogP contribution < -0.4 is 5.32 Å². The minimum absolute atomic E-state index is 0.579. The molecule has 0 aromatic carbocycles. The van der Waals surface area contributed by atoms with Crippen LogP contribution in [0.25, 0.3) is 0 Å². The number of hydrogen-bond donors (Lipinski definition) is 19. The average Bonchev–Trinajstić information content (AvgIpc) is 3.33. The highest BCUT2D eigenvalue weighted by Gasteiger charge is 2.59. The minimum atomic E-state index is -5.71.